The second-order valence-electron chi connectivity index (χ2n) is 8.14. The number of aliphatic imine (C=N–C) groups is 1. The largest absolute Gasteiger partial charge is 0.416 e. The number of rotatable bonds is 4. The smallest absolute Gasteiger partial charge is 0.355 e. The molecule has 1 aromatic heterocycles. The van der Waals surface area contributed by atoms with E-state index in [1.165, 1.54) is 12.1 Å². The molecule has 1 N–H and O–H groups in total. The van der Waals surface area contributed by atoms with Crippen LogP contribution in [0.15, 0.2) is 47.7 Å². The fourth-order valence-corrected chi connectivity index (χ4v) is 4.35. The Labute approximate surface area is 203 Å². The quantitative estimate of drug-likeness (QED) is 0.349. The zero-order chi connectivity index (χ0) is 21.9. The summed E-state index contributed by atoms with van der Waals surface area (Å²) < 4.78 is 39.6. The van der Waals surface area contributed by atoms with Gasteiger partial charge in [-0.1, -0.05) is 24.6 Å². The molecule has 0 amide bonds. The highest BCUT2D eigenvalue weighted by atomic mass is 127. The van der Waals surface area contributed by atoms with Gasteiger partial charge >= 0.3 is 6.18 Å². The van der Waals surface area contributed by atoms with Gasteiger partial charge < -0.3 is 15.1 Å². The van der Waals surface area contributed by atoms with E-state index in [9.17, 15) is 13.2 Å². The lowest BCUT2D eigenvalue weighted by atomic mass is 9.64. The molecule has 2 heterocycles. The molecule has 1 aliphatic heterocycles. The number of hydrogen-bond acceptors (Lipinski definition) is 4. The first-order valence-electron chi connectivity index (χ1n) is 10.6. The lowest BCUT2D eigenvalue weighted by Crippen LogP contribution is -2.55. The van der Waals surface area contributed by atoms with Gasteiger partial charge in [-0.2, -0.15) is 13.2 Å². The molecule has 0 spiro atoms. The second kappa shape index (κ2) is 10.2. The average Bonchev–Trinajstić information content (AvgIpc) is 2.76. The standard InChI is InChI=1S/C22H27F3N6.HI/c1-26-19(30-11-13-31(14-12-30)20-27-9-4-10-28-20)29-16-21(7-3-8-21)17-5-2-6-18(15-17)22(23,24)25;/h2,4-6,9-10,15H,3,7-8,11-14,16H2,1H3,(H,26,29);1H. The van der Waals surface area contributed by atoms with Crippen LogP contribution in [0.4, 0.5) is 19.1 Å². The number of alkyl halides is 3. The van der Waals surface area contributed by atoms with Crippen LogP contribution in [0.3, 0.4) is 0 Å². The summed E-state index contributed by atoms with van der Waals surface area (Å²) in [7, 11) is 1.74. The van der Waals surface area contributed by atoms with E-state index in [1.54, 1.807) is 25.5 Å². The third kappa shape index (κ3) is 5.26. The number of piperazine rings is 1. The first kappa shape index (κ1) is 24.5. The molecular formula is C22H28F3IN6. The summed E-state index contributed by atoms with van der Waals surface area (Å²) in [6.07, 6.45) is 1.91. The number of hydrogen-bond donors (Lipinski definition) is 1. The topological polar surface area (TPSA) is 56.7 Å². The van der Waals surface area contributed by atoms with Crippen molar-refractivity contribution < 1.29 is 13.2 Å². The molecule has 1 saturated carbocycles. The van der Waals surface area contributed by atoms with Crippen LogP contribution in [-0.2, 0) is 11.6 Å². The molecule has 0 unspecified atom stereocenters. The van der Waals surface area contributed by atoms with E-state index in [-0.39, 0.29) is 29.4 Å². The van der Waals surface area contributed by atoms with Crippen LogP contribution >= 0.6 is 24.0 Å². The molecule has 1 aromatic carbocycles. The predicted molar refractivity (Wildman–Crippen MR) is 130 cm³/mol. The summed E-state index contributed by atoms with van der Waals surface area (Å²) in [4.78, 5) is 17.4. The van der Waals surface area contributed by atoms with Crippen molar-refractivity contribution in [2.45, 2.75) is 30.9 Å². The van der Waals surface area contributed by atoms with Crippen molar-refractivity contribution >= 4 is 35.9 Å². The third-order valence-corrected chi connectivity index (χ3v) is 6.32. The lowest BCUT2D eigenvalue weighted by Gasteiger charge is -2.44. The van der Waals surface area contributed by atoms with Gasteiger partial charge in [-0.05, 0) is 30.5 Å². The number of nitrogens with zero attached hydrogens (tertiary/aromatic N) is 5. The van der Waals surface area contributed by atoms with Crippen molar-refractivity contribution in [2.75, 3.05) is 44.7 Å². The monoisotopic (exact) mass is 560 g/mol. The average molecular weight is 560 g/mol. The molecule has 1 aliphatic carbocycles. The fraction of sp³-hybridized carbons (Fsp3) is 0.500. The Bertz CT molecular complexity index is 909. The SMILES string of the molecule is CN=C(NCC1(c2cccc(C(F)(F)F)c2)CCC1)N1CCN(c2ncccn2)CC1.I. The normalized spacial score (nSPS) is 18.6. The maximum absolute atomic E-state index is 13.2. The van der Waals surface area contributed by atoms with E-state index in [2.05, 4.69) is 30.1 Å². The molecule has 6 nitrogen and oxygen atoms in total. The number of benzene rings is 1. The Kier molecular flexibility index (Phi) is 7.84. The number of aromatic nitrogens is 2. The van der Waals surface area contributed by atoms with Gasteiger partial charge in [0, 0.05) is 57.6 Å². The van der Waals surface area contributed by atoms with Crippen molar-refractivity contribution in [3.63, 3.8) is 0 Å². The minimum Gasteiger partial charge on any atom is -0.355 e. The molecule has 4 rings (SSSR count). The predicted octanol–water partition coefficient (Wildman–Crippen LogP) is 3.93. The van der Waals surface area contributed by atoms with E-state index in [0.29, 0.717) is 6.54 Å². The van der Waals surface area contributed by atoms with E-state index < -0.39 is 11.7 Å². The molecule has 1 saturated heterocycles. The molecule has 2 aromatic rings. The van der Waals surface area contributed by atoms with Gasteiger partial charge in [-0.15, -0.1) is 24.0 Å². The highest BCUT2D eigenvalue weighted by molar-refractivity contribution is 14.0. The van der Waals surface area contributed by atoms with Crippen LogP contribution in [0, 0.1) is 0 Å². The van der Waals surface area contributed by atoms with Gasteiger partial charge in [0.1, 0.15) is 0 Å². The van der Waals surface area contributed by atoms with E-state index in [0.717, 1.165) is 69.0 Å². The van der Waals surface area contributed by atoms with Crippen LogP contribution in [0.25, 0.3) is 0 Å². The zero-order valence-corrected chi connectivity index (χ0v) is 20.3. The van der Waals surface area contributed by atoms with Crippen molar-refractivity contribution in [2.24, 2.45) is 4.99 Å². The second-order valence-corrected chi connectivity index (χ2v) is 8.14. The highest BCUT2D eigenvalue weighted by Gasteiger charge is 2.40. The maximum Gasteiger partial charge on any atom is 0.416 e. The van der Waals surface area contributed by atoms with Gasteiger partial charge in [0.2, 0.25) is 5.95 Å². The Morgan fingerprint density at radius 3 is 2.34 bits per heavy atom. The van der Waals surface area contributed by atoms with Crippen LogP contribution in [0.2, 0.25) is 0 Å². The van der Waals surface area contributed by atoms with Gasteiger partial charge in [-0.25, -0.2) is 9.97 Å². The Hall–Kier alpha value is -2.11. The van der Waals surface area contributed by atoms with Crippen LogP contribution in [0.5, 0.6) is 0 Å². The van der Waals surface area contributed by atoms with E-state index in [1.807, 2.05) is 6.07 Å². The molecule has 10 heteroatoms. The Balaban J connectivity index is 0.00000289. The molecule has 32 heavy (non-hydrogen) atoms. The molecule has 2 aliphatic rings. The number of anilines is 1. The number of nitrogens with one attached hydrogen (secondary N) is 1. The van der Waals surface area contributed by atoms with Crippen molar-refractivity contribution in [1.29, 1.82) is 0 Å². The van der Waals surface area contributed by atoms with Crippen molar-refractivity contribution in [3.8, 4) is 0 Å². The van der Waals surface area contributed by atoms with Crippen molar-refractivity contribution in [3.05, 3.63) is 53.9 Å². The number of halogens is 4. The summed E-state index contributed by atoms with van der Waals surface area (Å²) in [6.45, 7) is 3.68. The molecule has 2 fully saturated rings. The first-order valence-corrected chi connectivity index (χ1v) is 10.6. The summed E-state index contributed by atoms with van der Waals surface area (Å²) in [6, 6.07) is 7.57. The molecule has 0 bridgehead atoms. The van der Waals surface area contributed by atoms with Gasteiger partial charge in [-0.3, -0.25) is 4.99 Å². The Morgan fingerprint density at radius 2 is 1.78 bits per heavy atom. The first-order chi connectivity index (χ1) is 14.9. The maximum atomic E-state index is 13.2. The van der Waals surface area contributed by atoms with Crippen LogP contribution in [0.1, 0.15) is 30.4 Å². The summed E-state index contributed by atoms with van der Waals surface area (Å²) in [5, 5.41) is 3.44. The van der Waals surface area contributed by atoms with E-state index in [4.69, 9.17) is 0 Å². The van der Waals surface area contributed by atoms with E-state index >= 15 is 0 Å². The van der Waals surface area contributed by atoms with Crippen LogP contribution < -0.4 is 10.2 Å². The molecular weight excluding hydrogens is 532 g/mol. The van der Waals surface area contributed by atoms with Gasteiger partial charge in [0.15, 0.2) is 5.96 Å². The van der Waals surface area contributed by atoms with Gasteiger partial charge in [0.25, 0.3) is 0 Å². The van der Waals surface area contributed by atoms with Crippen molar-refractivity contribution in [1.82, 2.24) is 20.2 Å². The molecule has 0 atom stereocenters. The minimum atomic E-state index is -4.33. The molecule has 0 radical (unpaired) electrons. The number of guanidine groups is 1. The third-order valence-electron chi connectivity index (χ3n) is 6.32. The lowest BCUT2D eigenvalue weighted by molar-refractivity contribution is -0.137. The summed E-state index contributed by atoms with van der Waals surface area (Å²) >= 11 is 0. The highest BCUT2D eigenvalue weighted by Crippen LogP contribution is 2.44. The summed E-state index contributed by atoms with van der Waals surface area (Å²) in [5.41, 5.74) is -0.112. The summed E-state index contributed by atoms with van der Waals surface area (Å²) in [5.74, 6) is 1.51. The zero-order valence-electron chi connectivity index (χ0n) is 18.0. The fourth-order valence-electron chi connectivity index (χ4n) is 4.35. The molecule has 174 valence electrons. The Morgan fingerprint density at radius 1 is 1.09 bits per heavy atom. The van der Waals surface area contributed by atoms with Crippen LogP contribution in [-0.4, -0.2) is 60.6 Å². The van der Waals surface area contributed by atoms with Gasteiger partial charge in [0.05, 0.1) is 5.56 Å². The minimum absolute atomic E-state index is 0.